The minimum absolute atomic E-state index is 0.203. The van der Waals surface area contributed by atoms with Gasteiger partial charge in [0.2, 0.25) is 0 Å². The summed E-state index contributed by atoms with van der Waals surface area (Å²) in [6, 6.07) is 4.40. The van der Waals surface area contributed by atoms with E-state index in [1.54, 1.807) is 6.20 Å². The molecule has 1 amide bonds. The molecule has 5 heteroatoms. The predicted octanol–water partition coefficient (Wildman–Crippen LogP) is 2.47. The van der Waals surface area contributed by atoms with Crippen molar-refractivity contribution in [2.24, 2.45) is 5.92 Å². The third-order valence-electron chi connectivity index (χ3n) is 3.99. The van der Waals surface area contributed by atoms with Gasteiger partial charge in [0.05, 0.1) is 0 Å². The van der Waals surface area contributed by atoms with Gasteiger partial charge in [-0.2, -0.15) is 0 Å². The fraction of sp³-hybridized carbons (Fsp3) is 0.647. The minimum Gasteiger partial charge on any atom is -0.444 e. The average Bonchev–Trinajstić information content (AvgIpc) is 2.94. The minimum atomic E-state index is -0.437. The molecule has 0 bridgehead atoms. The van der Waals surface area contributed by atoms with Gasteiger partial charge in [0.25, 0.3) is 0 Å². The van der Waals surface area contributed by atoms with Crippen molar-refractivity contribution in [3.8, 4) is 0 Å². The van der Waals surface area contributed by atoms with Crippen LogP contribution in [0.15, 0.2) is 24.5 Å². The number of amides is 1. The van der Waals surface area contributed by atoms with E-state index in [9.17, 15) is 4.79 Å². The Balaban J connectivity index is 1.91. The molecule has 1 aromatic heterocycles. The zero-order valence-corrected chi connectivity index (χ0v) is 14.0. The fourth-order valence-corrected chi connectivity index (χ4v) is 2.89. The van der Waals surface area contributed by atoms with Crippen LogP contribution in [-0.4, -0.2) is 47.8 Å². The summed E-state index contributed by atoms with van der Waals surface area (Å²) in [6.07, 6.45) is 5.43. The summed E-state index contributed by atoms with van der Waals surface area (Å²) in [7, 11) is 1.98. The van der Waals surface area contributed by atoms with Crippen LogP contribution in [0.4, 0.5) is 4.79 Å². The standard InChI is InChI=1S/C17H27N3O2/c1-17(2,3)22-16(21)20-9-7-14(12-20)15(18-4)10-13-6-5-8-19-11-13/h5-6,8,11,14-15,18H,7,9-10,12H2,1-4H3. The number of ether oxygens (including phenoxy) is 1. The van der Waals surface area contributed by atoms with Crippen LogP contribution in [0.5, 0.6) is 0 Å². The monoisotopic (exact) mass is 305 g/mol. The van der Waals surface area contributed by atoms with Crippen molar-refractivity contribution >= 4 is 6.09 Å². The summed E-state index contributed by atoms with van der Waals surface area (Å²) in [5.74, 6) is 0.442. The van der Waals surface area contributed by atoms with Gasteiger partial charge in [-0.15, -0.1) is 0 Å². The first kappa shape index (κ1) is 16.7. The lowest BCUT2D eigenvalue weighted by Gasteiger charge is -2.26. The molecule has 22 heavy (non-hydrogen) atoms. The van der Waals surface area contributed by atoms with Gasteiger partial charge in [0.1, 0.15) is 5.60 Å². The van der Waals surface area contributed by atoms with Gasteiger partial charge in [-0.25, -0.2) is 4.79 Å². The molecule has 2 unspecified atom stereocenters. The molecule has 2 rings (SSSR count). The van der Waals surface area contributed by atoms with Crippen LogP contribution in [0.1, 0.15) is 32.8 Å². The highest BCUT2D eigenvalue weighted by atomic mass is 16.6. The second-order valence-electron chi connectivity index (χ2n) is 6.94. The summed E-state index contributed by atoms with van der Waals surface area (Å²) >= 11 is 0. The number of hydrogen-bond donors (Lipinski definition) is 1. The van der Waals surface area contributed by atoms with E-state index in [0.29, 0.717) is 12.0 Å². The Morgan fingerprint density at radius 1 is 1.55 bits per heavy atom. The molecule has 1 N–H and O–H groups in total. The summed E-state index contributed by atoms with van der Waals surface area (Å²) < 4.78 is 5.46. The highest BCUT2D eigenvalue weighted by Gasteiger charge is 2.33. The van der Waals surface area contributed by atoms with Crippen molar-refractivity contribution in [1.29, 1.82) is 0 Å². The van der Waals surface area contributed by atoms with Crippen molar-refractivity contribution < 1.29 is 9.53 Å². The zero-order chi connectivity index (χ0) is 16.2. The third kappa shape index (κ3) is 4.70. The smallest absolute Gasteiger partial charge is 0.410 e. The van der Waals surface area contributed by atoms with Crippen molar-refractivity contribution in [2.45, 2.75) is 45.3 Å². The van der Waals surface area contributed by atoms with E-state index in [1.165, 1.54) is 5.56 Å². The Hall–Kier alpha value is -1.62. The number of rotatable bonds is 4. The van der Waals surface area contributed by atoms with Crippen LogP contribution < -0.4 is 5.32 Å². The highest BCUT2D eigenvalue weighted by molar-refractivity contribution is 5.68. The average molecular weight is 305 g/mol. The van der Waals surface area contributed by atoms with Crippen LogP contribution in [0, 0.1) is 5.92 Å². The quantitative estimate of drug-likeness (QED) is 0.928. The Bertz CT molecular complexity index is 484. The van der Waals surface area contributed by atoms with E-state index < -0.39 is 5.60 Å². The number of nitrogens with one attached hydrogen (secondary N) is 1. The normalized spacial score (nSPS) is 20.0. The predicted molar refractivity (Wildman–Crippen MR) is 86.7 cm³/mol. The topological polar surface area (TPSA) is 54.5 Å². The van der Waals surface area contributed by atoms with Crippen LogP contribution in [0.3, 0.4) is 0 Å². The third-order valence-corrected chi connectivity index (χ3v) is 3.99. The van der Waals surface area contributed by atoms with Gasteiger partial charge in [0.15, 0.2) is 0 Å². The Kier molecular flexibility index (Phi) is 5.40. The number of pyridine rings is 1. The first-order valence-corrected chi connectivity index (χ1v) is 7.93. The second kappa shape index (κ2) is 7.09. The second-order valence-corrected chi connectivity index (χ2v) is 6.94. The number of nitrogens with zero attached hydrogens (tertiary/aromatic N) is 2. The zero-order valence-electron chi connectivity index (χ0n) is 14.0. The molecule has 5 nitrogen and oxygen atoms in total. The number of carbonyl (C=O) groups excluding carboxylic acids is 1. The Labute approximate surface area is 133 Å². The van der Waals surface area contributed by atoms with Gasteiger partial charge in [-0.05, 0) is 58.2 Å². The lowest BCUT2D eigenvalue weighted by Crippen LogP contribution is -2.39. The van der Waals surface area contributed by atoms with Crippen molar-refractivity contribution in [3.05, 3.63) is 30.1 Å². The Morgan fingerprint density at radius 2 is 2.32 bits per heavy atom. The summed E-state index contributed by atoms with van der Waals surface area (Å²) in [5.41, 5.74) is 0.783. The number of likely N-dealkylation sites (tertiary alicyclic amines) is 1. The number of likely N-dealkylation sites (N-methyl/N-ethyl adjacent to an activating group) is 1. The lowest BCUT2D eigenvalue weighted by atomic mass is 9.93. The lowest BCUT2D eigenvalue weighted by molar-refractivity contribution is 0.0285. The molecule has 2 atom stereocenters. The molecule has 0 radical (unpaired) electrons. The molecular weight excluding hydrogens is 278 g/mol. The fourth-order valence-electron chi connectivity index (χ4n) is 2.89. The van der Waals surface area contributed by atoms with E-state index >= 15 is 0 Å². The SMILES string of the molecule is CNC(Cc1cccnc1)C1CCN(C(=O)OC(C)(C)C)C1. The maximum Gasteiger partial charge on any atom is 0.410 e. The molecule has 1 aliphatic heterocycles. The summed E-state index contributed by atoms with van der Waals surface area (Å²) in [5, 5.41) is 3.39. The van der Waals surface area contributed by atoms with Crippen LogP contribution >= 0.6 is 0 Å². The first-order valence-electron chi connectivity index (χ1n) is 7.93. The number of hydrogen-bond acceptors (Lipinski definition) is 4. The van der Waals surface area contributed by atoms with E-state index in [-0.39, 0.29) is 6.09 Å². The van der Waals surface area contributed by atoms with Crippen molar-refractivity contribution in [2.75, 3.05) is 20.1 Å². The molecule has 0 spiro atoms. The molecular formula is C17H27N3O2. The molecule has 1 aliphatic rings. The van der Waals surface area contributed by atoms with Gasteiger partial charge in [-0.1, -0.05) is 6.07 Å². The van der Waals surface area contributed by atoms with Crippen molar-refractivity contribution in [3.63, 3.8) is 0 Å². The van der Waals surface area contributed by atoms with Gasteiger partial charge >= 0.3 is 6.09 Å². The molecule has 1 saturated heterocycles. The maximum atomic E-state index is 12.1. The molecule has 1 aromatic rings. The molecule has 0 aromatic carbocycles. The van der Waals surface area contributed by atoms with Crippen LogP contribution in [0.25, 0.3) is 0 Å². The summed E-state index contributed by atoms with van der Waals surface area (Å²) in [6.45, 7) is 7.22. The molecule has 0 saturated carbocycles. The van der Waals surface area contributed by atoms with E-state index in [2.05, 4.69) is 16.4 Å². The van der Waals surface area contributed by atoms with E-state index in [1.807, 2.05) is 45.0 Å². The summed E-state index contributed by atoms with van der Waals surface area (Å²) in [4.78, 5) is 18.1. The van der Waals surface area contributed by atoms with Crippen LogP contribution in [0.2, 0.25) is 0 Å². The number of aromatic nitrogens is 1. The largest absolute Gasteiger partial charge is 0.444 e. The van der Waals surface area contributed by atoms with Crippen molar-refractivity contribution in [1.82, 2.24) is 15.2 Å². The maximum absolute atomic E-state index is 12.1. The van der Waals surface area contributed by atoms with Gasteiger partial charge < -0.3 is 15.0 Å². The first-order chi connectivity index (χ1) is 10.4. The van der Waals surface area contributed by atoms with Gasteiger partial charge in [-0.3, -0.25) is 4.98 Å². The van der Waals surface area contributed by atoms with Crippen LogP contribution in [-0.2, 0) is 11.2 Å². The molecule has 1 fully saturated rings. The Morgan fingerprint density at radius 3 is 2.91 bits per heavy atom. The number of carbonyl (C=O) groups is 1. The highest BCUT2D eigenvalue weighted by Crippen LogP contribution is 2.23. The molecule has 0 aliphatic carbocycles. The molecule has 122 valence electrons. The van der Waals surface area contributed by atoms with Gasteiger partial charge in [0, 0.05) is 31.5 Å². The van der Waals surface area contributed by atoms with E-state index in [4.69, 9.17) is 4.74 Å². The van der Waals surface area contributed by atoms with E-state index in [0.717, 1.165) is 25.9 Å². The molecule has 2 heterocycles.